The molecule has 2 aliphatic heterocycles. The lowest BCUT2D eigenvalue weighted by molar-refractivity contribution is -0.122. The zero-order valence-corrected chi connectivity index (χ0v) is 11.5. The van der Waals surface area contributed by atoms with Crippen molar-refractivity contribution >= 4 is 22.8 Å². The van der Waals surface area contributed by atoms with Gasteiger partial charge in [-0.2, -0.15) is 0 Å². The molecule has 0 aliphatic carbocycles. The van der Waals surface area contributed by atoms with Crippen LogP contribution < -0.4 is 10.6 Å². The summed E-state index contributed by atoms with van der Waals surface area (Å²) in [7, 11) is 0. The molecular weight excluding hydrogens is 258 g/mol. The topological polar surface area (TPSA) is 53.5 Å². The third kappa shape index (κ3) is 3.10. The molecule has 0 aromatic heterocycles. The van der Waals surface area contributed by atoms with Crippen molar-refractivity contribution in [3.63, 3.8) is 0 Å². The molecule has 0 saturated carbocycles. The number of carbonyl (C=O) groups is 1. The van der Waals surface area contributed by atoms with Crippen LogP contribution >= 0.6 is 11.8 Å². The Kier molecular flexibility index (Phi) is 3.73. The predicted molar refractivity (Wildman–Crippen MR) is 78.2 cm³/mol. The number of benzene rings is 1. The number of rotatable bonds is 2. The lowest BCUT2D eigenvalue weighted by Gasteiger charge is -2.23. The molecule has 100 valence electrons. The lowest BCUT2D eigenvalue weighted by atomic mass is 10.1. The Morgan fingerprint density at radius 2 is 2.16 bits per heavy atom. The van der Waals surface area contributed by atoms with Crippen molar-refractivity contribution in [1.82, 2.24) is 10.6 Å². The summed E-state index contributed by atoms with van der Waals surface area (Å²) in [6.45, 7) is 0.703. The van der Waals surface area contributed by atoms with E-state index in [1.165, 1.54) is 5.56 Å². The summed E-state index contributed by atoms with van der Waals surface area (Å²) in [6.07, 6.45) is 1.50. The fraction of sp³-hybridized carbons (Fsp3) is 0.429. The molecule has 2 atom stereocenters. The van der Waals surface area contributed by atoms with Gasteiger partial charge in [0, 0.05) is 24.8 Å². The molecule has 1 amide bonds. The fourth-order valence-corrected chi connectivity index (χ4v) is 3.36. The Hall–Kier alpha value is -1.49. The Bertz CT molecular complexity index is 479. The van der Waals surface area contributed by atoms with Gasteiger partial charge in [0.1, 0.15) is 0 Å². The molecule has 0 spiro atoms. The van der Waals surface area contributed by atoms with E-state index < -0.39 is 0 Å². The van der Waals surface area contributed by atoms with Crippen LogP contribution in [0.3, 0.4) is 0 Å². The van der Waals surface area contributed by atoms with E-state index in [1.54, 1.807) is 11.8 Å². The molecule has 2 aliphatic rings. The average molecular weight is 275 g/mol. The normalized spacial score (nSPS) is 26.7. The van der Waals surface area contributed by atoms with Gasteiger partial charge < -0.3 is 10.6 Å². The number of hydrogen-bond donors (Lipinski definition) is 2. The summed E-state index contributed by atoms with van der Waals surface area (Å²) in [6, 6.07) is 11.0. The van der Waals surface area contributed by atoms with E-state index in [-0.39, 0.29) is 11.9 Å². The van der Waals surface area contributed by atoms with Crippen LogP contribution in [0.25, 0.3) is 0 Å². The van der Waals surface area contributed by atoms with Gasteiger partial charge in [0.2, 0.25) is 5.91 Å². The second-order valence-electron chi connectivity index (χ2n) is 4.86. The summed E-state index contributed by atoms with van der Waals surface area (Å²) in [5, 5.41) is 7.33. The van der Waals surface area contributed by atoms with Crippen LogP contribution in [0.5, 0.6) is 0 Å². The third-order valence-corrected chi connectivity index (χ3v) is 4.41. The van der Waals surface area contributed by atoms with Gasteiger partial charge in [-0.1, -0.05) is 42.1 Å². The van der Waals surface area contributed by atoms with Gasteiger partial charge in [-0.05, 0) is 12.0 Å². The van der Waals surface area contributed by atoms with Crippen molar-refractivity contribution < 1.29 is 4.79 Å². The van der Waals surface area contributed by atoms with E-state index in [9.17, 15) is 4.79 Å². The molecule has 1 aromatic rings. The Balaban J connectivity index is 1.59. The molecule has 0 bridgehead atoms. The molecule has 0 radical (unpaired) electrons. The van der Waals surface area contributed by atoms with E-state index >= 15 is 0 Å². The van der Waals surface area contributed by atoms with Gasteiger partial charge in [-0.25, -0.2) is 0 Å². The first kappa shape index (κ1) is 12.5. The maximum Gasteiger partial charge on any atom is 0.220 e. The van der Waals surface area contributed by atoms with Crippen molar-refractivity contribution in [2.24, 2.45) is 4.99 Å². The number of amidine groups is 1. The van der Waals surface area contributed by atoms with Gasteiger partial charge >= 0.3 is 0 Å². The minimum Gasteiger partial charge on any atom is -0.360 e. The Morgan fingerprint density at radius 1 is 1.32 bits per heavy atom. The number of thioether (sulfide) groups is 1. The first-order valence-electron chi connectivity index (χ1n) is 6.60. The van der Waals surface area contributed by atoms with Crippen LogP contribution in [0.4, 0.5) is 0 Å². The van der Waals surface area contributed by atoms with Crippen molar-refractivity contribution in [3.8, 4) is 0 Å². The van der Waals surface area contributed by atoms with E-state index in [4.69, 9.17) is 4.99 Å². The van der Waals surface area contributed by atoms with Crippen molar-refractivity contribution in [1.29, 1.82) is 0 Å². The fourth-order valence-electron chi connectivity index (χ4n) is 2.33. The standard InChI is InChI=1S/C14H17N3OS/c18-13-7-6-11(8-15-13)16-14-17-12(9-19-14)10-4-2-1-3-5-10/h1-5,11-12H,6-9H2,(H,15,18)(H,16,17). The minimum atomic E-state index is 0.154. The maximum atomic E-state index is 11.1. The first-order chi connectivity index (χ1) is 9.31. The minimum absolute atomic E-state index is 0.154. The molecule has 2 unspecified atom stereocenters. The van der Waals surface area contributed by atoms with Gasteiger partial charge in [-0.3, -0.25) is 9.79 Å². The summed E-state index contributed by atoms with van der Waals surface area (Å²) in [5.74, 6) is 1.15. The highest BCUT2D eigenvalue weighted by atomic mass is 32.2. The monoisotopic (exact) mass is 275 g/mol. The SMILES string of the molecule is O=C1CCC(NC2=NC(c3ccccc3)CS2)CN1. The Morgan fingerprint density at radius 3 is 2.89 bits per heavy atom. The highest BCUT2D eigenvalue weighted by molar-refractivity contribution is 8.14. The van der Waals surface area contributed by atoms with Crippen LogP contribution in [-0.2, 0) is 4.79 Å². The number of nitrogens with one attached hydrogen (secondary N) is 2. The quantitative estimate of drug-likeness (QED) is 0.864. The van der Waals surface area contributed by atoms with Gasteiger partial charge in [0.25, 0.3) is 0 Å². The molecule has 3 rings (SSSR count). The second-order valence-corrected chi connectivity index (χ2v) is 5.86. The number of aliphatic imine (C=N–C) groups is 1. The molecule has 2 N–H and O–H groups in total. The van der Waals surface area contributed by atoms with Crippen molar-refractivity contribution in [3.05, 3.63) is 35.9 Å². The van der Waals surface area contributed by atoms with Gasteiger partial charge in [0.05, 0.1) is 6.04 Å². The molecule has 1 fully saturated rings. The maximum absolute atomic E-state index is 11.1. The van der Waals surface area contributed by atoms with E-state index in [1.807, 2.05) is 6.07 Å². The van der Waals surface area contributed by atoms with E-state index in [2.05, 4.69) is 34.9 Å². The largest absolute Gasteiger partial charge is 0.360 e. The van der Waals surface area contributed by atoms with Gasteiger partial charge in [-0.15, -0.1) is 0 Å². The predicted octanol–water partition coefficient (Wildman–Crippen LogP) is 1.70. The van der Waals surface area contributed by atoms with Crippen LogP contribution in [0.15, 0.2) is 35.3 Å². The van der Waals surface area contributed by atoms with Gasteiger partial charge in [0.15, 0.2) is 5.17 Å². The molecule has 1 aromatic carbocycles. The second kappa shape index (κ2) is 5.65. The Labute approximate surface area is 117 Å². The van der Waals surface area contributed by atoms with Crippen LogP contribution in [0, 0.1) is 0 Å². The molecule has 5 heteroatoms. The zero-order valence-electron chi connectivity index (χ0n) is 10.6. The molecular formula is C14H17N3OS. The molecule has 4 nitrogen and oxygen atoms in total. The summed E-state index contributed by atoms with van der Waals surface area (Å²) >= 11 is 1.77. The first-order valence-corrected chi connectivity index (χ1v) is 7.58. The number of piperidine rings is 1. The summed E-state index contributed by atoms with van der Waals surface area (Å²) < 4.78 is 0. The smallest absolute Gasteiger partial charge is 0.220 e. The van der Waals surface area contributed by atoms with E-state index in [0.717, 1.165) is 17.3 Å². The zero-order chi connectivity index (χ0) is 13.1. The highest BCUT2D eigenvalue weighted by Gasteiger charge is 2.23. The average Bonchev–Trinajstić information content (AvgIpc) is 2.91. The number of carbonyl (C=O) groups excluding carboxylic acids is 1. The van der Waals surface area contributed by atoms with Crippen LogP contribution in [-0.4, -0.2) is 29.4 Å². The lowest BCUT2D eigenvalue weighted by Crippen LogP contribution is -2.46. The number of amides is 1. The van der Waals surface area contributed by atoms with Crippen molar-refractivity contribution in [2.45, 2.75) is 24.9 Å². The van der Waals surface area contributed by atoms with E-state index in [0.29, 0.717) is 19.0 Å². The number of nitrogens with zero attached hydrogens (tertiary/aromatic N) is 1. The molecule has 1 saturated heterocycles. The molecule has 19 heavy (non-hydrogen) atoms. The highest BCUT2D eigenvalue weighted by Crippen LogP contribution is 2.29. The summed E-state index contributed by atoms with van der Waals surface area (Å²) in [5.41, 5.74) is 1.27. The van der Waals surface area contributed by atoms with Crippen molar-refractivity contribution in [2.75, 3.05) is 12.3 Å². The van der Waals surface area contributed by atoms with Crippen LogP contribution in [0.1, 0.15) is 24.4 Å². The third-order valence-electron chi connectivity index (χ3n) is 3.43. The van der Waals surface area contributed by atoms with Crippen LogP contribution in [0.2, 0.25) is 0 Å². The number of hydrogen-bond acceptors (Lipinski definition) is 4. The molecule has 2 heterocycles. The summed E-state index contributed by atoms with van der Waals surface area (Å²) in [4.78, 5) is 15.8.